The lowest BCUT2D eigenvalue weighted by atomic mass is 10.2. The van der Waals surface area contributed by atoms with Crippen LogP contribution in [0.4, 0.5) is 10.1 Å². The Morgan fingerprint density at radius 1 is 1.29 bits per heavy atom. The number of anilines is 1. The molecule has 0 spiro atoms. The smallest absolute Gasteiger partial charge is 0.335 e. The normalized spacial score (nSPS) is 11.7. The Balaban J connectivity index is 2.97. The summed E-state index contributed by atoms with van der Waals surface area (Å²) in [5.41, 5.74) is 6.08. The van der Waals surface area contributed by atoms with Crippen molar-refractivity contribution >= 4 is 13.3 Å². The minimum absolute atomic E-state index is 0.146. The molecular weight excluding hydrogens is 244 g/mol. The second kappa shape index (κ2) is 6.15. The number of hydrogen-bond donors (Lipinski definition) is 1. The maximum Gasteiger partial charge on any atom is 0.335 e. The van der Waals surface area contributed by atoms with Gasteiger partial charge < -0.3 is 14.8 Å². The van der Waals surface area contributed by atoms with Gasteiger partial charge in [-0.05, 0) is 26.0 Å². The van der Waals surface area contributed by atoms with Crippen LogP contribution in [-0.4, -0.2) is 13.2 Å². The zero-order valence-corrected chi connectivity index (χ0v) is 10.9. The van der Waals surface area contributed by atoms with Crippen molar-refractivity contribution in [1.82, 2.24) is 0 Å². The van der Waals surface area contributed by atoms with Crippen molar-refractivity contribution in [2.75, 3.05) is 18.9 Å². The average molecular weight is 261 g/mol. The fourth-order valence-electron chi connectivity index (χ4n) is 1.46. The molecule has 0 aromatic heterocycles. The number of halogens is 1. The summed E-state index contributed by atoms with van der Waals surface area (Å²) in [7, 11) is -3.32. The molecule has 0 aliphatic carbocycles. The Hall–Kier alpha value is -0.900. The van der Waals surface area contributed by atoms with E-state index in [0.717, 1.165) is 0 Å². The molecular formula is C11H17FNO3P. The number of benzene rings is 1. The summed E-state index contributed by atoms with van der Waals surface area (Å²) in [6.45, 7) is 3.89. The molecule has 0 aliphatic heterocycles. The molecule has 0 unspecified atom stereocenters. The zero-order valence-electron chi connectivity index (χ0n) is 9.98. The van der Waals surface area contributed by atoms with Gasteiger partial charge in [0.2, 0.25) is 0 Å². The summed E-state index contributed by atoms with van der Waals surface area (Å²) in [6, 6.07) is 4.33. The van der Waals surface area contributed by atoms with Gasteiger partial charge in [0.05, 0.1) is 19.4 Å². The van der Waals surface area contributed by atoms with Crippen LogP contribution in [0.3, 0.4) is 0 Å². The van der Waals surface area contributed by atoms with Crippen molar-refractivity contribution in [2.45, 2.75) is 20.0 Å². The summed E-state index contributed by atoms with van der Waals surface area (Å²) in [6.07, 6.45) is -0.146. The first-order chi connectivity index (χ1) is 8.02. The molecule has 1 aromatic rings. The molecule has 0 fully saturated rings. The number of nitrogen functional groups attached to an aromatic ring is 1. The second-order valence-corrected chi connectivity index (χ2v) is 5.47. The Morgan fingerprint density at radius 3 is 2.35 bits per heavy atom. The van der Waals surface area contributed by atoms with Gasteiger partial charge in [-0.2, -0.15) is 0 Å². The van der Waals surface area contributed by atoms with E-state index in [1.54, 1.807) is 19.9 Å². The van der Waals surface area contributed by atoms with E-state index in [-0.39, 0.29) is 30.6 Å². The van der Waals surface area contributed by atoms with Crippen LogP contribution in [0.1, 0.15) is 19.4 Å². The van der Waals surface area contributed by atoms with Gasteiger partial charge in [0, 0.05) is 11.3 Å². The van der Waals surface area contributed by atoms with Crippen molar-refractivity contribution in [2.24, 2.45) is 0 Å². The fraction of sp³-hybridized carbons (Fsp3) is 0.455. The van der Waals surface area contributed by atoms with E-state index < -0.39 is 13.4 Å². The molecule has 1 rings (SSSR count). The van der Waals surface area contributed by atoms with Crippen LogP contribution in [0.5, 0.6) is 0 Å². The van der Waals surface area contributed by atoms with Crippen LogP contribution in [-0.2, 0) is 19.8 Å². The third-order valence-corrected chi connectivity index (χ3v) is 4.17. The topological polar surface area (TPSA) is 61.5 Å². The van der Waals surface area contributed by atoms with Crippen molar-refractivity contribution in [1.29, 1.82) is 0 Å². The maximum absolute atomic E-state index is 13.5. The molecule has 6 heteroatoms. The van der Waals surface area contributed by atoms with Crippen LogP contribution in [0.25, 0.3) is 0 Å². The van der Waals surface area contributed by atoms with Gasteiger partial charge in [-0.15, -0.1) is 0 Å². The monoisotopic (exact) mass is 261 g/mol. The number of rotatable bonds is 6. The second-order valence-electron chi connectivity index (χ2n) is 3.41. The van der Waals surface area contributed by atoms with Gasteiger partial charge in [-0.3, -0.25) is 4.57 Å². The first kappa shape index (κ1) is 14.2. The Morgan fingerprint density at radius 2 is 1.88 bits per heavy atom. The van der Waals surface area contributed by atoms with Gasteiger partial charge in [0.15, 0.2) is 0 Å². The molecule has 1 aromatic carbocycles. The molecule has 0 radical (unpaired) electrons. The highest BCUT2D eigenvalue weighted by atomic mass is 31.2. The molecule has 0 saturated heterocycles. The van der Waals surface area contributed by atoms with Gasteiger partial charge in [-0.25, -0.2) is 4.39 Å². The third kappa shape index (κ3) is 3.80. The lowest BCUT2D eigenvalue weighted by molar-refractivity contribution is 0.219. The highest BCUT2D eigenvalue weighted by molar-refractivity contribution is 7.53. The predicted molar refractivity (Wildman–Crippen MR) is 65.4 cm³/mol. The van der Waals surface area contributed by atoms with E-state index in [9.17, 15) is 8.96 Å². The van der Waals surface area contributed by atoms with E-state index >= 15 is 0 Å². The van der Waals surface area contributed by atoms with E-state index in [0.29, 0.717) is 0 Å². The Kier molecular flexibility index (Phi) is 5.12. The Bertz CT molecular complexity index is 395. The molecule has 4 nitrogen and oxygen atoms in total. The quantitative estimate of drug-likeness (QED) is 0.631. The Labute approximate surface area is 100 Å². The molecule has 0 amide bonds. The highest BCUT2D eigenvalue weighted by Gasteiger charge is 2.26. The molecule has 17 heavy (non-hydrogen) atoms. The van der Waals surface area contributed by atoms with E-state index in [1.807, 2.05) is 0 Å². The molecule has 96 valence electrons. The third-order valence-electron chi connectivity index (χ3n) is 2.16. The largest absolute Gasteiger partial charge is 0.398 e. The van der Waals surface area contributed by atoms with Gasteiger partial charge >= 0.3 is 7.60 Å². The van der Waals surface area contributed by atoms with Gasteiger partial charge in [-0.1, -0.05) is 6.07 Å². The minimum atomic E-state index is -3.32. The predicted octanol–water partition coefficient (Wildman–Crippen LogP) is 3.17. The van der Waals surface area contributed by atoms with Crippen molar-refractivity contribution in [3.05, 3.63) is 29.6 Å². The van der Waals surface area contributed by atoms with E-state index in [1.165, 1.54) is 12.1 Å². The SMILES string of the molecule is CCOP(=O)(Cc1c(N)cccc1F)OCC. The van der Waals surface area contributed by atoms with Gasteiger partial charge in [0.1, 0.15) is 5.82 Å². The molecule has 0 heterocycles. The summed E-state index contributed by atoms with van der Waals surface area (Å²) < 4.78 is 36.0. The van der Waals surface area contributed by atoms with Crippen LogP contribution < -0.4 is 5.73 Å². The van der Waals surface area contributed by atoms with Crippen molar-refractivity contribution < 1.29 is 18.0 Å². The standard InChI is InChI=1S/C11H17FNO3P/c1-3-15-17(14,16-4-2)8-9-10(12)6-5-7-11(9)13/h5-7H,3-4,8,13H2,1-2H3. The van der Waals surface area contributed by atoms with Crippen LogP contribution in [0.2, 0.25) is 0 Å². The molecule has 0 bridgehead atoms. The molecule has 0 saturated carbocycles. The fourth-order valence-corrected chi connectivity index (χ4v) is 3.22. The number of hydrogen-bond acceptors (Lipinski definition) is 4. The lowest BCUT2D eigenvalue weighted by Crippen LogP contribution is -2.03. The summed E-state index contributed by atoms with van der Waals surface area (Å²) in [4.78, 5) is 0. The van der Waals surface area contributed by atoms with E-state index in [2.05, 4.69) is 0 Å². The van der Waals surface area contributed by atoms with E-state index in [4.69, 9.17) is 14.8 Å². The summed E-state index contributed by atoms with van der Waals surface area (Å²) >= 11 is 0. The first-order valence-electron chi connectivity index (χ1n) is 5.43. The van der Waals surface area contributed by atoms with Crippen LogP contribution in [0, 0.1) is 5.82 Å². The summed E-state index contributed by atoms with van der Waals surface area (Å²) in [5, 5.41) is 0. The first-order valence-corrected chi connectivity index (χ1v) is 7.16. The zero-order chi connectivity index (χ0) is 12.9. The van der Waals surface area contributed by atoms with Crippen molar-refractivity contribution in [3.8, 4) is 0 Å². The number of nitrogens with two attached hydrogens (primary N) is 1. The van der Waals surface area contributed by atoms with Crippen LogP contribution in [0.15, 0.2) is 18.2 Å². The molecule has 0 atom stereocenters. The molecule has 2 N–H and O–H groups in total. The molecule has 0 aliphatic rings. The highest BCUT2D eigenvalue weighted by Crippen LogP contribution is 2.52. The van der Waals surface area contributed by atoms with Crippen LogP contribution >= 0.6 is 7.60 Å². The summed E-state index contributed by atoms with van der Waals surface area (Å²) in [5.74, 6) is -0.496. The lowest BCUT2D eigenvalue weighted by Gasteiger charge is -2.18. The maximum atomic E-state index is 13.5. The van der Waals surface area contributed by atoms with Crippen molar-refractivity contribution in [3.63, 3.8) is 0 Å². The average Bonchev–Trinajstić information content (AvgIpc) is 2.24. The minimum Gasteiger partial charge on any atom is -0.398 e. The van der Waals surface area contributed by atoms with Gasteiger partial charge in [0.25, 0.3) is 0 Å².